The smallest absolute Gasteiger partial charge is 0.312 e. The van der Waals surface area contributed by atoms with Gasteiger partial charge in [-0.15, -0.1) is 0 Å². The molecule has 1 fully saturated rings. The average molecular weight is 321 g/mol. The molecule has 23 heavy (non-hydrogen) atoms. The van der Waals surface area contributed by atoms with Crippen LogP contribution in [0.15, 0.2) is 24.3 Å². The van der Waals surface area contributed by atoms with E-state index in [9.17, 15) is 14.0 Å². The number of carbonyl (C=O) groups excluding carboxylic acids is 2. The molecule has 2 rings (SSSR count). The number of hydrogen-bond acceptors (Lipinski definition) is 3. The van der Waals surface area contributed by atoms with E-state index < -0.39 is 11.8 Å². The Bertz CT molecular complexity index is 555. The highest BCUT2D eigenvalue weighted by molar-refractivity contribution is 6.35. The van der Waals surface area contributed by atoms with Crippen molar-refractivity contribution in [3.05, 3.63) is 30.1 Å². The summed E-state index contributed by atoms with van der Waals surface area (Å²) >= 11 is 0. The second-order valence-corrected chi connectivity index (χ2v) is 6.17. The van der Waals surface area contributed by atoms with Crippen LogP contribution in [0.2, 0.25) is 0 Å². The van der Waals surface area contributed by atoms with E-state index in [2.05, 4.69) is 19.2 Å². The fourth-order valence-corrected chi connectivity index (χ4v) is 2.55. The van der Waals surface area contributed by atoms with Crippen LogP contribution in [0.5, 0.6) is 0 Å². The van der Waals surface area contributed by atoms with Crippen LogP contribution in [-0.2, 0) is 9.59 Å². The van der Waals surface area contributed by atoms with Crippen LogP contribution in [0.1, 0.15) is 20.3 Å². The minimum Gasteiger partial charge on any atom is -0.366 e. The maximum absolute atomic E-state index is 13.8. The van der Waals surface area contributed by atoms with Crippen LogP contribution in [0, 0.1) is 11.7 Å². The highest BCUT2D eigenvalue weighted by Gasteiger charge is 2.26. The van der Waals surface area contributed by atoms with E-state index in [1.54, 1.807) is 18.2 Å². The lowest BCUT2D eigenvalue weighted by Gasteiger charge is -2.35. The molecule has 5 nitrogen and oxygen atoms in total. The molecule has 2 amide bonds. The van der Waals surface area contributed by atoms with Gasteiger partial charge in [-0.05, 0) is 24.5 Å². The average Bonchev–Trinajstić information content (AvgIpc) is 2.54. The van der Waals surface area contributed by atoms with Gasteiger partial charge in [-0.1, -0.05) is 26.0 Å². The third-order valence-corrected chi connectivity index (χ3v) is 3.96. The van der Waals surface area contributed by atoms with Crippen LogP contribution < -0.4 is 10.2 Å². The number of carbonyl (C=O) groups is 2. The molecule has 6 heteroatoms. The zero-order valence-corrected chi connectivity index (χ0v) is 13.7. The van der Waals surface area contributed by atoms with Crippen molar-refractivity contribution >= 4 is 17.5 Å². The van der Waals surface area contributed by atoms with Crippen LogP contribution >= 0.6 is 0 Å². The van der Waals surface area contributed by atoms with Gasteiger partial charge in [-0.2, -0.15) is 0 Å². The van der Waals surface area contributed by atoms with Crippen molar-refractivity contribution in [1.82, 2.24) is 10.2 Å². The fraction of sp³-hybridized carbons (Fsp3) is 0.529. The molecule has 1 aromatic carbocycles. The van der Waals surface area contributed by atoms with E-state index in [1.807, 2.05) is 4.90 Å². The van der Waals surface area contributed by atoms with Gasteiger partial charge in [-0.3, -0.25) is 9.59 Å². The first-order valence-electron chi connectivity index (χ1n) is 8.05. The Hall–Kier alpha value is -2.11. The van der Waals surface area contributed by atoms with Gasteiger partial charge in [0.05, 0.1) is 5.69 Å². The molecule has 0 aromatic heterocycles. The molecule has 0 spiro atoms. The van der Waals surface area contributed by atoms with Gasteiger partial charge < -0.3 is 15.1 Å². The predicted octanol–water partition coefficient (Wildman–Crippen LogP) is 1.64. The zero-order chi connectivity index (χ0) is 16.8. The van der Waals surface area contributed by atoms with Gasteiger partial charge in [0.1, 0.15) is 5.82 Å². The standard InChI is InChI=1S/C17H24FN3O2/c1-13(2)7-8-19-16(22)17(23)21-11-9-20(10-12-21)15-6-4-3-5-14(15)18/h3-6,13H,7-12H2,1-2H3,(H,19,22). The van der Waals surface area contributed by atoms with E-state index in [0.717, 1.165) is 6.42 Å². The van der Waals surface area contributed by atoms with Crippen molar-refractivity contribution in [1.29, 1.82) is 0 Å². The third-order valence-electron chi connectivity index (χ3n) is 3.96. The summed E-state index contributed by atoms with van der Waals surface area (Å²) in [4.78, 5) is 27.4. The quantitative estimate of drug-likeness (QED) is 0.858. The Morgan fingerprint density at radius 1 is 1.17 bits per heavy atom. The van der Waals surface area contributed by atoms with Gasteiger partial charge in [-0.25, -0.2) is 4.39 Å². The van der Waals surface area contributed by atoms with Crippen molar-refractivity contribution in [2.24, 2.45) is 5.92 Å². The first kappa shape index (κ1) is 17.2. The van der Waals surface area contributed by atoms with Crippen LogP contribution in [0.3, 0.4) is 0 Å². The fourth-order valence-electron chi connectivity index (χ4n) is 2.55. The van der Waals surface area contributed by atoms with Crippen molar-refractivity contribution in [3.63, 3.8) is 0 Å². The molecule has 1 heterocycles. The molecular formula is C17H24FN3O2. The first-order chi connectivity index (χ1) is 11.0. The van der Waals surface area contributed by atoms with E-state index in [0.29, 0.717) is 44.3 Å². The summed E-state index contributed by atoms with van der Waals surface area (Å²) in [6.07, 6.45) is 0.847. The minimum absolute atomic E-state index is 0.265. The first-order valence-corrected chi connectivity index (χ1v) is 8.05. The Labute approximate surface area is 136 Å². The van der Waals surface area contributed by atoms with Crippen LogP contribution in [0.25, 0.3) is 0 Å². The predicted molar refractivity (Wildman–Crippen MR) is 87.7 cm³/mol. The Morgan fingerprint density at radius 3 is 2.43 bits per heavy atom. The number of nitrogens with one attached hydrogen (secondary N) is 1. The molecular weight excluding hydrogens is 297 g/mol. The Morgan fingerprint density at radius 2 is 1.83 bits per heavy atom. The minimum atomic E-state index is -0.551. The number of amides is 2. The monoisotopic (exact) mass is 321 g/mol. The number of piperazine rings is 1. The summed E-state index contributed by atoms with van der Waals surface area (Å²) in [6, 6.07) is 6.60. The maximum Gasteiger partial charge on any atom is 0.312 e. The third kappa shape index (κ3) is 4.68. The van der Waals surface area contributed by atoms with Crippen LogP contribution in [-0.4, -0.2) is 49.4 Å². The molecule has 1 saturated heterocycles. The van der Waals surface area contributed by atoms with Crippen LogP contribution in [0.4, 0.5) is 10.1 Å². The lowest BCUT2D eigenvalue weighted by Crippen LogP contribution is -2.53. The number of anilines is 1. The molecule has 0 bridgehead atoms. The molecule has 0 atom stereocenters. The van der Waals surface area contributed by atoms with E-state index >= 15 is 0 Å². The zero-order valence-electron chi connectivity index (χ0n) is 13.7. The molecule has 1 N–H and O–H groups in total. The van der Waals surface area contributed by atoms with Gasteiger partial charge in [0.25, 0.3) is 0 Å². The van der Waals surface area contributed by atoms with Gasteiger partial charge in [0.2, 0.25) is 0 Å². The molecule has 1 aliphatic heterocycles. The summed E-state index contributed by atoms with van der Waals surface area (Å²) in [6.45, 7) is 6.52. The molecule has 0 saturated carbocycles. The van der Waals surface area contributed by atoms with Crippen molar-refractivity contribution < 1.29 is 14.0 Å². The molecule has 1 aliphatic rings. The second kappa shape index (κ2) is 7.94. The summed E-state index contributed by atoms with van der Waals surface area (Å²) in [7, 11) is 0. The number of rotatable bonds is 4. The van der Waals surface area contributed by atoms with E-state index in [-0.39, 0.29) is 5.82 Å². The Balaban J connectivity index is 1.83. The number of para-hydroxylation sites is 1. The summed E-state index contributed by atoms with van der Waals surface area (Å²) in [5, 5.41) is 2.66. The van der Waals surface area contributed by atoms with E-state index in [1.165, 1.54) is 11.0 Å². The molecule has 126 valence electrons. The molecule has 0 aliphatic carbocycles. The Kier molecular flexibility index (Phi) is 5.96. The topological polar surface area (TPSA) is 52.7 Å². The highest BCUT2D eigenvalue weighted by Crippen LogP contribution is 2.20. The lowest BCUT2D eigenvalue weighted by atomic mass is 10.1. The summed E-state index contributed by atoms with van der Waals surface area (Å²) in [5.41, 5.74) is 0.543. The highest BCUT2D eigenvalue weighted by atomic mass is 19.1. The second-order valence-electron chi connectivity index (χ2n) is 6.17. The number of benzene rings is 1. The number of halogens is 1. The van der Waals surface area contributed by atoms with Crippen molar-refractivity contribution in [2.45, 2.75) is 20.3 Å². The lowest BCUT2D eigenvalue weighted by molar-refractivity contribution is -0.146. The summed E-state index contributed by atoms with van der Waals surface area (Å²) < 4.78 is 13.8. The van der Waals surface area contributed by atoms with Gasteiger partial charge in [0.15, 0.2) is 0 Å². The summed E-state index contributed by atoms with van der Waals surface area (Å²) in [5.74, 6) is -0.833. The molecule has 1 aromatic rings. The largest absolute Gasteiger partial charge is 0.366 e. The number of nitrogens with zero attached hydrogens (tertiary/aromatic N) is 2. The van der Waals surface area contributed by atoms with Gasteiger partial charge >= 0.3 is 11.8 Å². The normalized spacial score (nSPS) is 15.0. The number of hydrogen-bond donors (Lipinski definition) is 1. The van der Waals surface area contributed by atoms with Crippen molar-refractivity contribution in [3.8, 4) is 0 Å². The van der Waals surface area contributed by atoms with E-state index in [4.69, 9.17) is 0 Å². The molecule has 0 radical (unpaired) electrons. The van der Waals surface area contributed by atoms with Gasteiger partial charge in [0, 0.05) is 32.7 Å². The maximum atomic E-state index is 13.8. The molecule has 0 unspecified atom stereocenters. The van der Waals surface area contributed by atoms with Crippen molar-refractivity contribution in [2.75, 3.05) is 37.6 Å². The SMILES string of the molecule is CC(C)CCNC(=O)C(=O)N1CCN(c2ccccc2F)CC1.